The second kappa shape index (κ2) is 8.28. The molecule has 0 amide bonds. The van der Waals surface area contributed by atoms with Crippen LogP contribution in [0.15, 0.2) is 18.2 Å². The van der Waals surface area contributed by atoms with Crippen molar-refractivity contribution in [2.24, 2.45) is 5.92 Å². The molecule has 116 valence electrons. The molecular formula is C17H23ClO3. The van der Waals surface area contributed by atoms with Crippen LogP contribution in [-0.2, 0) is 16.0 Å². The van der Waals surface area contributed by atoms with E-state index < -0.39 is 0 Å². The van der Waals surface area contributed by atoms with Crippen LogP contribution in [0.1, 0.15) is 44.1 Å². The Bertz CT molecular complexity index is 467. The van der Waals surface area contributed by atoms with E-state index in [0.717, 1.165) is 17.9 Å². The van der Waals surface area contributed by atoms with E-state index >= 15 is 0 Å². The first kappa shape index (κ1) is 16.2. The summed E-state index contributed by atoms with van der Waals surface area (Å²) in [6, 6.07) is 5.47. The number of halogens is 1. The predicted octanol–water partition coefficient (Wildman–Crippen LogP) is 4.40. The Balaban J connectivity index is 1.81. The van der Waals surface area contributed by atoms with Gasteiger partial charge in [-0.05, 0) is 30.0 Å². The third-order valence-corrected chi connectivity index (χ3v) is 4.38. The lowest BCUT2D eigenvalue weighted by atomic mass is 9.87. The van der Waals surface area contributed by atoms with Crippen molar-refractivity contribution >= 4 is 17.6 Å². The minimum absolute atomic E-state index is 0.235. The average molecular weight is 311 g/mol. The zero-order valence-corrected chi connectivity index (χ0v) is 13.3. The fourth-order valence-corrected chi connectivity index (χ4v) is 3.08. The number of benzene rings is 1. The molecule has 1 aliphatic carbocycles. The summed E-state index contributed by atoms with van der Waals surface area (Å²) in [4.78, 5) is 11.2. The van der Waals surface area contributed by atoms with Crippen LogP contribution in [0.2, 0.25) is 5.02 Å². The maximum atomic E-state index is 11.2. The van der Waals surface area contributed by atoms with Crippen molar-refractivity contribution in [1.29, 1.82) is 0 Å². The van der Waals surface area contributed by atoms with E-state index in [9.17, 15) is 4.79 Å². The molecule has 1 fully saturated rings. The summed E-state index contributed by atoms with van der Waals surface area (Å²) >= 11 is 6.20. The molecule has 2 rings (SSSR count). The van der Waals surface area contributed by atoms with Crippen LogP contribution in [0.5, 0.6) is 5.75 Å². The molecule has 0 bridgehead atoms. The first-order chi connectivity index (χ1) is 10.2. The van der Waals surface area contributed by atoms with Crippen molar-refractivity contribution in [2.45, 2.75) is 44.9 Å². The number of hydrogen-bond donors (Lipinski definition) is 0. The summed E-state index contributed by atoms with van der Waals surface area (Å²) in [5, 5.41) is 0.556. The third-order valence-electron chi connectivity index (χ3n) is 4.08. The van der Waals surface area contributed by atoms with Crippen molar-refractivity contribution in [2.75, 3.05) is 13.7 Å². The lowest BCUT2D eigenvalue weighted by molar-refractivity contribution is -0.139. The summed E-state index contributed by atoms with van der Waals surface area (Å²) in [6.07, 6.45) is 8.08. The fraction of sp³-hybridized carbons (Fsp3) is 0.588. The number of ether oxygens (including phenoxy) is 2. The van der Waals surface area contributed by atoms with Gasteiger partial charge in [-0.25, -0.2) is 0 Å². The van der Waals surface area contributed by atoms with Crippen molar-refractivity contribution in [3.8, 4) is 5.75 Å². The molecule has 0 heterocycles. The smallest absolute Gasteiger partial charge is 0.309 e. The highest BCUT2D eigenvalue weighted by Crippen LogP contribution is 2.29. The largest absolute Gasteiger partial charge is 0.492 e. The van der Waals surface area contributed by atoms with Crippen LogP contribution in [0.3, 0.4) is 0 Å². The standard InChI is InChI=1S/C17H23ClO3/c1-20-17(19)12-14-7-8-16(15(18)11-14)21-10-9-13-5-3-2-4-6-13/h7-8,11,13H,2-6,9-10,12H2,1H3. The molecule has 1 aromatic carbocycles. The van der Waals surface area contributed by atoms with Gasteiger partial charge in [0.1, 0.15) is 5.75 Å². The van der Waals surface area contributed by atoms with Gasteiger partial charge in [0.2, 0.25) is 0 Å². The van der Waals surface area contributed by atoms with Crippen molar-refractivity contribution in [3.05, 3.63) is 28.8 Å². The maximum Gasteiger partial charge on any atom is 0.309 e. The molecule has 4 heteroatoms. The quantitative estimate of drug-likeness (QED) is 0.730. The van der Waals surface area contributed by atoms with E-state index in [1.54, 1.807) is 6.07 Å². The second-order valence-electron chi connectivity index (χ2n) is 5.66. The summed E-state index contributed by atoms with van der Waals surface area (Å²) in [5.74, 6) is 1.23. The van der Waals surface area contributed by atoms with E-state index in [0.29, 0.717) is 17.4 Å². The Labute approximate surface area is 131 Å². The predicted molar refractivity (Wildman–Crippen MR) is 83.9 cm³/mol. The SMILES string of the molecule is COC(=O)Cc1ccc(OCCC2CCCCC2)c(Cl)c1. The zero-order valence-electron chi connectivity index (χ0n) is 12.6. The molecule has 0 aromatic heterocycles. The molecule has 0 N–H and O–H groups in total. The highest BCUT2D eigenvalue weighted by molar-refractivity contribution is 6.32. The van der Waals surface area contributed by atoms with Crippen molar-refractivity contribution in [1.82, 2.24) is 0 Å². The van der Waals surface area contributed by atoms with Gasteiger partial charge in [0.25, 0.3) is 0 Å². The van der Waals surface area contributed by atoms with E-state index in [4.69, 9.17) is 16.3 Å². The van der Waals surface area contributed by atoms with E-state index in [1.807, 2.05) is 12.1 Å². The van der Waals surface area contributed by atoms with Gasteiger partial charge in [0.15, 0.2) is 0 Å². The number of esters is 1. The number of carbonyl (C=O) groups is 1. The van der Waals surface area contributed by atoms with Gasteiger partial charge >= 0.3 is 5.97 Å². The van der Waals surface area contributed by atoms with Crippen LogP contribution in [0, 0.1) is 5.92 Å². The topological polar surface area (TPSA) is 35.5 Å². The van der Waals surface area contributed by atoms with Crippen molar-refractivity contribution < 1.29 is 14.3 Å². The molecule has 21 heavy (non-hydrogen) atoms. The summed E-state index contributed by atoms with van der Waals surface area (Å²) < 4.78 is 10.4. The Hall–Kier alpha value is -1.22. The molecule has 0 aliphatic heterocycles. The Morgan fingerprint density at radius 3 is 2.71 bits per heavy atom. The Morgan fingerprint density at radius 1 is 1.29 bits per heavy atom. The van der Waals surface area contributed by atoms with Crippen molar-refractivity contribution in [3.63, 3.8) is 0 Å². The highest BCUT2D eigenvalue weighted by Gasteiger charge is 2.13. The van der Waals surface area contributed by atoms with Gasteiger partial charge < -0.3 is 9.47 Å². The number of rotatable bonds is 6. The molecule has 0 unspecified atom stereocenters. The Morgan fingerprint density at radius 2 is 2.05 bits per heavy atom. The molecule has 3 nitrogen and oxygen atoms in total. The second-order valence-corrected chi connectivity index (χ2v) is 6.07. The van der Waals surface area contributed by atoms with Crippen LogP contribution >= 0.6 is 11.6 Å². The monoisotopic (exact) mass is 310 g/mol. The van der Waals surface area contributed by atoms with Crippen LogP contribution in [0.4, 0.5) is 0 Å². The molecule has 0 atom stereocenters. The molecule has 0 saturated heterocycles. The van der Waals surface area contributed by atoms with Gasteiger partial charge in [0.05, 0.1) is 25.2 Å². The van der Waals surface area contributed by atoms with Gasteiger partial charge in [0, 0.05) is 0 Å². The lowest BCUT2D eigenvalue weighted by Crippen LogP contribution is -2.11. The molecule has 0 spiro atoms. The first-order valence-corrected chi connectivity index (χ1v) is 8.05. The normalized spacial score (nSPS) is 15.7. The highest BCUT2D eigenvalue weighted by atomic mass is 35.5. The molecular weight excluding hydrogens is 288 g/mol. The molecule has 1 aliphatic rings. The van der Waals surface area contributed by atoms with Crippen LogP contribution < -0.4 is 4.74 Å². The lowest BCUT2D eigenvalue weighted by Gasteiger charge is -2.21. The molecule has 1 saturated carbocycles. The average Bonchev–Trinajstić information content (AvgIpc) is 2.50. The Kier molecular flexibility index (Phi) is 6.37. The van der Waals surface area contributed by atoms with Gasteiger partial charge in [-0.2, -0.15) is 0 Å². The minimum Gasteiger partial charge on any atom is -0.492 e. The van der Waals surface area contributed by atoms with Gasteiger partial charge in [-0.1, -0.05) is 49.8 Å². The molecule has 1 aromatic rings. The van der Waals surface area contributed by atoms with Gasteiger partial charge in [-0.3, -0.25) is 4.79 Å². The first-order valence-electron chi connectivity index (χ1n) is 7.67. The maximum absolute atomic E-state index is 11.2. The van der Waals surface area contributed by atoms with Crippen LogP contribution in [0.25, 0.3) is 0 Å². The fourth-order valence-electron chi connectivity index (χ4n) is 2.82. The van der Waals surface area contributed by atoms with E-state index in [1.165, 1.54) is 39.2 Å². The van der Waals surface area contributed by atoms with E-state index in [2.05, 4.69) is 4.74 Å². The zero-order chi connectivity index (χ0) is 15.1. The summed E-state index contributed by atoms with van der Waals surface area (Å²) in [7, 11) is 1.38. The number of methoxy groups -OCH3 is 1. The minimum atomic E-state index is -0.267. The third kappa shape index (κ3) is 5.24. The van der Waals surface area contributed by atoms with Gasteiger partial charge in [-0.15, -0.1) is 0 Å². The number of carbonyl (C=O) groups excluding carboxylic acids is 1. The molecule has 0 radical (unpaired) electrons. The summed E-state index contributed by atoms with van der Waals surface area (Å²) in [5.41, 5.74) is 0.839. The van der Waals surface area contributed by atoms with E-state index in [-0.39, 0.29) is 12.4 Å². The number of hydrogen-bond acceptors (Lipinski definition) is 3. The van der Waals surface area contributed by atoms with Crippen LogP contribution in [-0.4, -0.2) is 19.7 Å². The summed E-state index contributed by atoms with van der Waals surface area (Å²) in [6.45, 7) is 0.709.